The van der Waals surface area contributed by atoms with E-state index in [1.807, 2.05) is 0 Å². The van der Waals surface area contributed by atoms with E-state index < -0.39 is 5.97 Å². The number of amides is 1. The predicted octanol–water partition coefficient (Wildman–Crippen LogP) is 2.74. The summed E-state index contributed by atoms with van der Waals surface area (Å²) >= 11 is 0. The summed E-state index contributed by atoms with van der Waals surface area (Å²) in [6, 6.07) is 5.84. The molecule has 1 aromatic rings. The number of hydrogen-bond donors (Lipinski definition) is 2. The van der Waals surface area contributed by atoms with Crippen LogP contribution in [0, 0.1) is 11.7 Å². The highest BCUT2D eigenvalue weighted by Gasteiger charge is 2.26. The molecule has 0 saturated heterocycles. The lowest BCUT2D eigenvalue weighted by molar-refractivity contribution is -0.142. The molecule has 0 unspecified atom stereocenters. The molecule has 6 heteroatoms. The number of ether oxygens (including phenoxy) is 1. The number of carboxylic acids is 1. The highest BCUT2D eigenvalue weighted by atomic mass is 19.1. The molecule has 5 nitrogen and oxygen atoms in total. The number of benzene rings is 1. The van der Waals surface area contributed by atoms with Crippen LogP contribution in [0.4, 0.5) is 4.39 Å². The third-order valence-corrected chi connectivity index (χ3v) is 4.07. The van der Waals surface area contributed by atoms with Crippen LogP contribution in [0.2, 0.25) is 0 Å². The van der Waals surface area contributed by atoms with Crippen LogP contribution in [-0.4, -0.2) is 29.6 Å². The molecule has 0 atom stereocenters. The van der Waals surface area contributed by atoms with Gasteiger partial charge in [0.15, 0.2) is 0 Å². The molecule has 1 amide bonds. The Morgan fingerprint density at radius 1 is 1.17 bits per heavy atom. The second kappa shape index (κ2) is 8.50. The van der Waals surface area contributed by atoms with Gasteiger partial charge in [0.2, 0.25) is 5.91 Å². The first-order valence-electron chi connectivity index (χ1n) is 7.95. The number of aliphatic carboxylic acids is 1. The summed E-state index contributed by atoms with van der Waals surface area (Å²) in [5, 5.41) is 11.9. The van der Waals surface area contributed by atoms with Crippen LogP contribution in [0.15, 0.2) is 24.3 Å². The molecule has 0 aliphatic heterocycles. The second-order valence-electron chi connectivity index (χ2n) is 5.86. The fourth-order valence-electron chi connectivity index (χ4n) is 2.74. The van der Waals surface area contributed by atoms with Crippen LogP contribution in [0.1, 0.15) is 38.5 Å². The Morgan fingerprint density at radius 3 is 2.43 bits per heavy atom. The van der Waals surface area contributed by atoms with Crippen molar-refractivity contribution in [2.45, 2.75) is 44.6 Å². The standard InChI is InChI=1S/C17H22FNO4/c18-13-5-9-15(10-6-13)23-11-1-2-16(20)19-14-7-3-12(4-8-14)17(21)22/h5-6,9-10,12,14H,1-4,7-8,11H2,(H,19,20)(H,21,22). The van der Waals surface area contributed by atoms with Crippen LogP contribution < -0.4 is 10.1 Å². The molecule has 0 radical (unpaired) electrons. The van der Waals surface area contributed by atoms with E-state index >= 15 is 0 Å². The van der Waals surface area contributed by atoms with Crippen molar-refractivity contribution in [3.05, 3.63) is 30.1 Å². The maximum absolute atomic E-state index is 12.7. The summed E-state index contributed by atoms with van der Waals surface area (Å²) in [6.45, 7) is 0.394. The van der Waals surface area contributed by atoms with Gasteiger partial charge in [-0.1, -0.05) is 0 Å². The van der Waals surface area contributed by atoms with E-state index in [1.54, 1.807) is 12.1 Å². The lowest BCUT2D eigenvalue weighted by atomic mass is 9.86. The minimum Gasteiger partial charge on any atom is -0.494 e. The number of carbonyl (C=O) groups is 2. The van der Waals surface area contributed by atoms with Gasteiger partial charge in [-0.05, 0) is 56.4 Å². The molecule has 0 bridgehead atoms. The van der Waals surface area contributed by atoms with E-state index in [2.05, 4.69) is 5.32 Å². The van der Waals surface area contributed by atoms with Gasteiger partial charge in [-0.25, -0.2) is 4.39 Å². The molecule has 1 aliphatic rings. The van der Waals surface area contributed by atoms with Gasteiger partial charge in [0.1, 0.15) is 11.6 Å². The number of carbonyl (C=O) groups excluding carboxylic acids is 1. The van der Waals surface area contributed by atoms with E-state index in [0.29, 0.717) is 38.0 Å². The normalized spacial score (nSPS) is 20.7. The second-order valence-corrected chi connectivity index (χ2v) is 5.86. The van der Waals surface area contributed by atoms with Crippen molar-refractivity contribution < 1.29 is 23.8 Å². The summed E-state index contributed by atoms with van der Waals surface area (Å²) < 4.78 is 18.2. The fraction of sp³-hybridized carbons (Fsp3) is 0.529. The zero-order valence-electron chi connectivity index (χ0n) is 13.0. The molecule has 1 aromatic carbocycles. The summed E-state index contributed by atoms with van der Waals surface area (Å²) in [5.41, 5.74) is 0. The molecule has 1 aliphatic carbocycles. The Balaban J connectivity index is 1.58. The number of carboxylic acid groups (broad SMARTS) is 1. The van der Waals surface area contributed by atoms with Crippen molar-refractivity contribution in [3.8, 4) is 5.75 Å². The maximum Gasteiger partial charge on any atom is 0.306 e. The van der Waals surface area contributed by atoms with Crippen LogP contribution in [-0.2, 0) is 9.59 Å². The van der Waals surface area contributed by atoms with Crippen molar-refractivity contribution in [2.75, 3.05) is 6.61 Å². The van der Waals surface area contributed by atoms with Crippen molar-refractivity contribution in [1.29, 1.82) is 0 Å². The number of halogens is 1. The summed E-state index contributed by atoms with van der Waals surface area (Å²) in [6.07, 6.45) is 3.61. The highest BCUT2D eigenvalue weighted by Crippen LogP contribution is 2.24. The molecule has 2 rings (SSSR count). The number of nitrogens with one attached hydrogen (secondary N) is 1. The van der Waals surface area contributed by atoms with Crippen LogP contribution >= 0.6 is 0 Å². The van der Waals surface area contributed by atoms with Crippen LogP contribution in [0.5, 0.6) is 5.75 Å². The number of rotatable bonds is 7. The fourth-order valence-corrected chi connectivity index (χ4v) is 2.74. The van der Waals surface area contributed by atoms with Crippen molar-refractivity contribution in [3.63, 3.8) is 0 Å². The molecule has 0 spiro atoms. The third kappa shape index (κ3) is 5.88. The van der Waals surface area contributed by atoms with Gasteiger partial charge >= 0.3 is 5.97 Å². The molecular weight excluding hydrogens is 301 g/mol. The molecule has 23 heavy (non-hydrogen) atoms. The van der Waals surface area contributed by atoms with Gasteiger partial charge < -0.3 is 15.2 Å². The summed E-state index contributed by atoms with van der Waals surface area (Å²) in [7, 11) is 0. The van der Waals surface area contributed by atoms with Crippen LogP contribution in [0.25, 0.3) is 0 Å². The van der Waals surface area contributed by atoms with Crippen LogP contribution in [0.3, 0.4) is 0 Å². The monoisotopic (exact) mass is 323 g/mol. The molecule has 0 aromatic heterocycles. The van der Waals surface area contributed by atoms with E-state index in [0.717, 1.165) is 12.8 Å². The van der Waals surface area contributed by atoms with Gasteiger partial charge in [-0.2, -0.15) is 0 Å². The maximum atomic E-state index is 12.7. The average molecular weight is 323 g/mol. The molecule has 1 fully saturated rings. The Bertz CT molecular complexity index is 524. The lowest BCUT2D eigenvalue weighted by Crippen LogP contribution is -2.38. The minimum atomic E-state index is -0.743. The first-order chi connectivity index (χ1) is 11.0. The molecular formula is C17H22FNO4. The van der Waals surface area contributed by atoms with Crippen molar-refractivity contribution in [1.82, 2.24) is 5.32 Å². The quantitative estimate of drug-likeness (QED) is 0.757. The topological polar surface area (TPSA) is 75.6 Å². The van der Waals surface area contributed by atoms with Gasteiger partial charge in [-0.15, -0.1) is 0 Å². The Kier molecular flexibility index (Phi) is 6.38. The van der Waals surface area contributed by atoms with Crippen molar-refractivity contribution in [2.24, 2.45) is 5.92 Å². The highest BCUT2D eigenvalue weighted by molar-refractivity contribution is 5.76. The molecule has 0 heterocycles. The average Bonchev–Trinajstić information content (AvgIpc) is 2.54. The SMILES string of the molecule is O=C(CCCOc1ccc(F)cc1)NC1CCC(C(=O)O)CC1. The van der Waals surface area contributed by atoms with E-state index in [1.165, 1.54) is 12.1 Å². The number of hydrogen-bond acceptors (Lipinski definition) is 3. The minimum absolute atomic E-state index is 0.0357. The van der Waals surface area contributed by atoms with E-state index in [-0.39, 0.29) is 23.7 Å². The lowest BCUT2D eigenvalue weighted by Gasteiger charge is -2.26. The van der Waals surface area contributed by atoms with Gasteiger partial charge in [0.05, 0.1) is 12.5 Å². The van der Waals surface area contributed by atoms with E-state index in [9.17, 15) is 14.0 Å². The van der Waals surface area contributed by atoms with Gasteiger partial charge in [0, 0.05) is 12.5 Å². The molecule has 2 N–H and O–H groups in total. The zero-order valence-corrected chi connectivity index (χ0v) is 13.0. The Hall–Kier alpha value is -2.11. The Morgan fingerprint density at radius 2 is 1.83 bits per heavy atom. The van der Waals surface area contributed by atoms with Gasteiger partial charge in [0.25, 0.3) is 0 Å². The largest absolute Gasteiger partial charge is 0.494 e. The molecule has 126 valence electrons. The first-order valence-corrected chi connectivity index (χ1v) is 7.95. The summed E-state index contributed by atoms with van der Waals surface area (Å²) in [5.74, 6) is -0.778. The smallest absolute Gasteiger partial charge is 0.306 e. The van der Waals surface area contributed by atoms with E-state index in [4.69, 9.17) is 9.84 Å². The van der Waals surface area contributed by atoms with Crippen molar-refractivity contribution >= 4 is 11.9 Å². The third-order valence-electron chi connectivity index (χ3n) is 4.07. The first kappa shape index (κ1) is 17.2. The predicted molar refractivity (Wildman–Crippen MR) is 82.7 cm³/mol. The van der Waals surface area contributed by atoms with Gasteiger partial charge in [-0.3, -0.25) is 9.59 Å². The molecule has 1 saturated carbocycles. The Labute approximate surface area is 134 Å². The zero-order chi connectivity index (χ0) is 16.7. The summed E-state index contributed by atoms with van der Waals surface area (Å²) in [4.78, 5) is 22.7.